The van der Waals surface area contributed by atoms with Crippen molar-refractivity contribution in [1.29, 1.82) is 5.26 Å². The molecule has 9 nitrogen and oxygen atoms in total. The van der Waals surface area contributed by atoms with Crippen molar-refractivity contribution in [3.63, 3.8) is 0 Å². The van der Waals surface area contributed by atoms with Crippen molar-refractivity contribution >= 4 is 27.7 Å². The lowest BCUT2D eigenvalue weighted by Crippen LogP contribution is -2.30. The fourth-order valence-electron chi connectivity index (χ4n) is 4.26. The van der Waals surface area contributed by atoms with Crippen LogP contribution in [-0.2, 0) is 19.6 Å². The number of nitriles is 1. The molecule has 0 radical (unpaired) electrons. The Morgan fingerprint density at radius 3 is 2.53 bits per heavy atom. The van der Waals surface area contributed by atoms with Gasteiger partial charge in [0.1, 0.15) is 11.9 Å². The van der Waals surface area contributed by atoms with E-state index < -0.39 is 28.5 Å². The molecular formula is C24H30N4O5S. The van der Waals surface area contributed by atoms with Gasteiger partial charge >= 0.3 is 5.97 Å². The van der Waals surface area contributed by atoms with E-state index in [0.717, 1.165) is 36.9 Å². The molecule has 2 N–H and O–H groups in total. The van der Waals surface area contributed by atoms with Crippen LogP contribution in [0.4, 0.5) is 5.82 Å². The van der Waals surface area contributed by atoms with Crippen LogP contribution in [0.15, 0.2) is 29.2 Å². The number of nitrogens with zero attached hydrogens (tertiary/aromatic N) is 2. The molecule has 1 aromatic heterocycles. The zero-order valence-electron chi connectivity index (χ0n) is 19.8. The van der Waals surface area contributed by atoms with Crippen molar-refractivity contribution in [3.05, 3.63) is 46.6 Å². The van der Waals surface area contributed by atoms with Gasteiger partial charge in [0.2, 0.25) is 10.0 Å². The van der Waals surface area contributed by atoms with Crippen LogP contribution < -0.4 is 10.0 Å². The first kappa shape index (κ1) is 25.5. The average Bonchev–Trinajstić information content (AvgIpc) is 3.38. The van der Waals surface area contributed by atoms with E-state index in [-0.39, 0.29) is 22.5 Å². The lowest BCUT2D eigenvalue weighted by atomic mass is 10.2. The molecule has 34 heavy (non-hydrogen) atoms. The number of carbonyl (C=O) groups is 2. The molecule has 0 aliphatic heterocycles. The van der Waals surface area contributed by atoms with Gasteiger partial charge in [-0.15, -0.1) is 0 Å². The van der Waals surface area contributed by atoms with Gasteiger partial charge in [-0.05, 0) is 64.3 Å². The first-order chi connectivity index (χ1) is 16.0. The van der Waals surface area contributed by atoms with Gasteiger partial charge in [-0.2, -0.15) is 5.26 Å². The zero-order valence-corrected chi connectivity index (χ0v) is 20.7. The summed E-state index contributed by atoms with van der Waals surface area (Å²) in [6.07, 6.45) is 4.14. The number of nitrogens with one attached hydrogen (secondary N) is 2. The van der Waals surface area contributed by atoms with Gasteiger partial charge < -0.3 is 14.6 Å². The molecule has 1 fully saturated rings. The first-order valence-electron chi connectivity index (χ1n) is 11.3. The number of ether oxygens (including phenoxy) is 1. The highest BCUT2D eigenvalue weighted by Crippen LogP contribution is 2.37. The molecule has 1 aliphatic carbocycles. The van der Waals surface area contributed by atoms with Gasteiger partial charge in [0.15, 0.2) is 6.61 Å². The first-order valence-corrected chi connectivity index (χ1v) is 12.7. The van der Waals surface area contributed by atoms with Crippen LogP contribution in [0, 0.1) is 25.2 Å². The molecule has 0 bridgehead atoms. The topological polar surface area (TPSA) is 130 Å². The molecule has 0 spiro atoms. The van der Waals surface area contributed by atoms with Crippen LogP contribution in [0.3, 0.4) is 0 Å². The molecule has 1 amide bonds. The van der Waals surface area contributed by atoms with Crippen LogP contribution in [0.5, 0.6) is 0 Å². The van der Waals surface area contributed by atoms with Gasteiger partial charge in [-0.1, -0.05) is 18.9 Å². The van der Waals surface area contributed by atoms with Crippen LogP contribution in [0.1, 0.15) is 72.8 Å². The number of amides is 1. The lowest BCUT2D eigenvalue weighted by molar-refractivity contribution is -0.119. The highest BCUT2D eigenvalue weighted by molar-refractivity contribution is 7.89. The van der Waals surface area contributed by atoms with Crippen molar-refractivity contribution in [3.8, 4) is 6.07 Å². The van der Waals surface area contributed by atoms with E-state index in [9.17, 15) is 23.3 Å². The summed E-state index contributed by atoms with van der Waals surface area (Å²) < 4.78 is 34.3. The number of hydrogen-bond donors (Lipinski definition) is 2. The summed E-state index contributed by atoms with van der Waals surface area (Å²) in [7, 11) is -3.78. The second-order valence-electron chi connectivity index (χ2n) is 8.78. The third-order valence-electron chi connectivity index (χ3n) is 5.92. The van der Waals surface area contributed by atoms with E-state index in [4.69, 9.17) is 4.74 Å². The Balaban J connectivity index is 1.72. The summed E-state index contributed by atoms with van der Waals surface area (Å²) in [6.45, 7) is 6.60. The maximum Gasteiger partial charge on any atom is 0.338 e. The number of benzene rings is 1. The standard InChI is InChI=1S/C24H30N4O5S/c1-15(2)27-34(31,32)20-11-7-8-18(12-20)24(30)33-14-22(29)26-23-21(13-25)16(3)17(4)28(23)19-9-5-6-10-19/h7-8,11-12,15,19,27H,5-6,9-10,14H2,1-4H3,(H,26,29). The van der Waals surface area contributed by atoms with Crippen molar-refractivity contribution in [2.45, 2.75) is 70.4 Å². The predicted molar refractivity (Wildman–Crippen MR) is 127 cm³/mol. The van der Waals surface area contributed by atoms with E-state index in [1.807, 2.05) is 18.4 Å². The fraction of sp³-hybridized carbons (Fsp3) is 0.458. The zero-order chi connectivity index (χ0) is 25.0. The summed E-state index contributed by atoms with van der Waals surface area (Å²) in [5, 5.41) is 12.4. The number of anilines is 1. The van der Waals surface area contributed by atoms with E-state index in [0.29, 0.717) is 11.4 Å². The molecule has 182 valence electrons. The van der Waals surface area contributed by atoms with Gasteiger partial charge in [0.25, 0.3) is 5.91 Å². The van der Waals surface area contributed by atoms with Crippen molar-refractivity contribution < 1.29 is 22.7 Å². The van der Waals surface area contributed by atoms with Gasteiger partial charge in [-0.3, -0.25) is 4.79 Å². The molecule has 1 aliphatic rings. The van der Waals surface area contributed by atoms with Crippen molar-refractivity contribution in [1.82, 2.24) is 9.29 Å². The Labute approximate surface area is 200 Å². The Hall–Kier alpha value is -3.16. The van der Waals surface area contributed by atoms with E-state index in [1.54, 1.807) is 13.8 Å². The molecule has 3 rings (SSSR count). The Morgan fingerprint density at radius 1 is 1.24 bits per heavy atom. The molecule has 2 aromatic rings. The summed E-state index contributed by atoms with van der Waals surface area (Å²) >= 11 is 0. The normalized spacial score (nSPS) is 14.2. The highest BCUT2D eigenvalue weighted by atomic mass is 32.2. The third-order valence-corrected chi connectivity index (χ3v) is 7.58. The maximum absolute atomic E-state index is 12.6. The molecular weight excluding hydrogens is 456 g/mol. The second kappa shape index (κ2) is 10.4. The fourth-order valence-corrected chi connectivity index (χ4v) is 5.55. The Kier molecular flexibility index (Phi) is 7.79. The molecule has 1 aromatic carbocycles. The molecule has 1 heterocycles. The van der Waals surface area contributed by atoms with Crippen molar-refractivity contribution in [2.24, 2.45) is 0 Å². The summed E-state index contributed by atoms with van der Waals surface area (Å²) in [4.78, 5) is 25.0. The quantitative estimate of drug-likeness (QED) is 0.549. The number of carbonyl (C=O) groups excluding carboxylic acids is 2. The monoisotopic (exact) mass is 486 g/mol. The van der Waals surface area contributed by atoms with Crippen LogP contribution >= 0.6 is 0 Å². The van der Waals surface area contributed by atoms with E-state index in [1.165, 1.54) is 24.3 Å². The number of aromatic nitrogens is 1. The minimum atomic E-state index is -3.78. The number of esters is 1. The summed E-state index contributed by atoms with van der Waals surface area (Å²) in [5.74, 6) is -0.971. The average molecular weight is 487 g/mol. The second-order valence-corrected chi connectivity index (χ2v) is 10.5. The molecule has 0 atom stereocenters. The maximum atomic E-state index is 12.6. The minimum absolute atomic E-state index is 0.0122. The third kappa shape index (κ3) is 5.48. The highest BCUT2D eigenvalue weighted by Gasteiger charge is 2.27. The van der Waals surface area contributed by atoms with E-state index in [2.05, 4.69) is 16.1 Å². The van der Waals surface area contributed by atoms with E-state index >= 15 is 0 Å². The van der Waals surface area contributed by atoms with Crippen LogP contribution in [0.25, 0.3) is 0 Å². The SMILES string of the molecule is Cc1c(C#N)c(NC(=O)COC(=O)c2cccc(S(=O)(=O)NC(C)C)c2)n(C2CCCC2)c1C. The number of sulfonamides is 1. The van der Waals surface area contributed by atoms with Crippen LogP contribution in [-0.4, -0.2) is 37.5 Å². The number of hydrogen-bond acceptors (Lipinski definition) is 6. The van der Waals surface area contributed by atoms with Gasteiger partial charge in [0, 0.05) is 17.8 Å². The Morgan fingerprint density at radius 2 is 1.91 bits per heavy atom. The van der Waals surface area contributed by atoms with Crippen molar-refractivity contribution in [2.75, 3.05) is 11.9 Å². The molecule has 10 heteroatoms. The summed E-state index contributed by atoms with van der Waals surface area (Å²) in [5.41, 5.74) is 2.16. The Bertz CT molecular complexity index is 1230. The number of rotatable bonds is 8. The largest absolute Gasteiger partial charge is 0.452 e. The minimum Gasteiger partial charge on any atom is -0.452 e. The molecule has 0 saturated heterocycles. The summed E-state index contributed by atoms with van der Waals surface area (Å²) in [6, 6.07) is 7.51. The molecule has 0 unspecified atom stereocenters. The van der Waals surface area contributed by atoms with Crippen LogP contribution in [0.2, 0.25) is 0 Å². The smallest absolute Gasteiger partial charge is 0.338 e. The van der Waals surface area contributed by atoms with Gasteiger partial charge in [0.05, 0.1) is 16.0 Å². The molecule has 1 saturated carbocycles. The lowest BCUT2D eigenvalue weighted by Gasteiger charge is -2.19. The predicted octanol–water partition coefficient (Wildman–Crippen LogP) is 3.57. The van der Waals surface area contributed by atoms with Gasteiger partial charge in [-0.25, -0.2) is 17.9 Å².